The van der Waals surface area contributed by atoms with Crippen LogP contribution in [0.3, 0.4) is 0 Å². The molecule has 0 unspecified atom stereocenters. The van der Waals surface area contributed by atoms with Gasteiger partial charge in [-0.15, -0.1) is 0 Å². The minimum absolute atomic E-state index is 0.0949. The Balaban J connectivity index is 1.56. The number of aromatic nitrogens is 3. The number of para-hydroxylation sites is 1. The van der Waals surface area contributed by atoms with E-state index in [0.717, 1.165) is 10.9 Å². The lowest BCUT2D eigenvalue weighted by atomic mass is 9.86. The zero-order chi connectivity index (χ0) is 18.3. The van der Waals surface area contributed by atoms with Crippen LogP contribution in [0.2, 0.25) is 0 Å². The number of aromatic amines is 1. The number of aliphatic carboxylic acids is 1. The number of carbonyl (C=O) groups is 2. The molecule has 1 aliphatic rings. The molecule has 0 aliphatic carbocycles. The minimum atomic E-state index is -1.04. The smallest absolute Gasteiger partial charge is 0.330 e. The number of nitrogens with one attached hydrogen (secondary N) is 1. The van der Waals surface area contributed by atoms with Crippen molar-refractivity contribution in [1.29, 1.82) is 0 Å². The molecule has 1 fully saturated rings. The first-order valence-corrected chi connectivity index (χ1v) is 8.62. The number of rotatable bonds is 3. The van der Waals surface area contributed by atoms with Crippen LogP contribution in [-0.2, 0) is 10.3 Å². The number of aryl methyl sites for hydroxylation is 1. The van der Waals surface area contributed by atoms with Gasteiger partial charge in [-0.25, -0.2) is 9.78 Å². The number of carboxylic acids is 1. The molecular weight excluding hydrogens is 332 g/mol. The molecule has 0 saturated carbocycles. The molecule has 2 N–H and O–H groups in total. The maximum absolute atomic E-state index is 12.8. The molecular formula is C19H20N4O3. The SMILES string of the molecule is Cc1nccn1C1(C(=O)O)CCN(C(=O)c2cc3ccccc3[nH]2)CC1. The molecule has 7 nitrogen and oxygen atoms in total. The van der Waals surface area contributed by atoms with Crippen LogP contribution < -0.4 is 0 Å². The zero-order valence-electron chi connectivity index (χ0n) is 14.5. The fraction of sp³-hybridized carbons (Fsp3) is 0.316. The fourth-order valence-corrected chi connectivity index (χ4v) is 3.83. The van der Waals surface area contributed by atoms with Gasteiger partial charge in [0.2, 0.25) is 0 Å². The molecule has 2 aromatic heterocycles. The molecule has 1 aromatic carbocycles. The average molecular weight is 352 g/mol. The summed E-state index contributed by atoms with van der Waals surface area (Å²) in [6.45, 7) is 2.57. The van der Waals surface area contributed by atoms with Gasteiger partial charge >= 0.3 is 5.97 Å². The van der Waals surface area contributed by atoms with E-state index < -0.39 is 11.5 Å². The van der Waals surface area contributed by atoms with Gasteiger partial charge in [-0.3, -0.25) is 4.79 Å². The first kappa shape index (κ1) is 16.4. The van der Waals surface area contributed by atoms with E-state index in [9.17, 15) is 14.7 Å². The molecule has 26 heavy (non-hydrogen) atoms. The predicted octanol–water partition coefficient (Wildman–Crippen LogP) is 2.39. The Hall–Kier alpha value is -3.09. The number of fused-ring (bicyclic) bond motifs is 1. The van der Waals surface area contributed by atoms with Crippen LogP contribution in [0.15, 0.2) is 42.7 Å². The Morgan fingerprint density at radius 3 is 2.58 bits per heavy atom. The normalized spacial score (nSPS) is 16.7. The Bertz CT molecular complexity index is 947. The van der Waals surface area contributed by atoms with E-state index >= 15 is 0 Å². The van der Waals surface area contributed by atoms with Crippen molar-refractivity contribution < 1.29 is 14.7 Å². The maximum atomic E-state index is 12.8. The van der Waals surface area contributed by atoms with E-state index in [1.54, 1.807) is 28.8 Å². The summed E-state index contributed by atoms with van der Waals surface area (Å²) in [7, 11) is 0. The van der Waals surface area contributed by atoms with Crippen LogP contribution in [0.5, 0.6) is 0 Å². The highest BCUT2D eigenvalue weighted by molar-refractivity contribution is 5.98. The van der Waals surface area contributed by atoms with Crippen molar-refractivity contribution >= 4 is 22.8 Å². The molecule has 3 heterocycles. The molecule has 0 radical (unpaired) electrons. The Kier molecular flexibility index (Phi) is 3.79. The summed E-state index contributed by atoms with van der Waals surface area (Å²) in [5.41, 5.74) is 0.410. The number of likely N-dealkylation sites (tertiary alicyclic amines) is 1. The molecule has 0 atom stereocenters. The number of hydrogen-bond donors (Lipinski definition) is 2. The highest BCUT2D eigenvalue weighted by Crippen LogP contribution is 2.32. The molecule has 0 bridgehead atoms. The van der Waals surface area contributed by atoms with E-state index in [0.29, 0.717) is 37.4 Å². The van der Waals surface area contributed by atoms with Crippen molar-refractivity contribution in [3.05, 3.63) is 54.2 Å². The fourth-order valence-electron chi connectivity index (χ4n) is 3.83. The number of hydrogen-bond acceptors (Lipinski definition) is 3. The molecule has 0 spiro atoms. The summed E-state index contributed by atoms with van der Waals surface area (Å²) in [6, 6.07) is 9.58. The van der Waals surface area contributed by atoms with Crippen LogP contribution in [0.4, 0.5) is 0 Å². The highest BCUT2D eigenvalue weighted by Gasteiger charge is 2.44. The monoisotopic (exact) mass is 352 g/mol. The molecule has 1 saturated heterocycles. The van der Waals surface area contributed by atoms with Gasteiger partial charge in [0, 0.05) is 36.4 Å². The van der Waals surface area contributed by atoms with Gasteiger partial charge in [0.1, 0.15) is 17.1 Å². The largest absolute Gasteiger partial charge is 0.479 e. The Morgan fingerprint density at radius 2 is 1.96 bits per heavy atom. The molecule has 134 valence electrons. The van der Waals surface area contributed by atoms with Crippen molar-refractivity contribution in [3.8, 4) is 0 Å². The maximum Gasteiger partial charge on any atom is 0.330 e. The second-order valence-corrected chi connectivity index (χ2v) is 6.74. The first-order chi connectivity index (χ1) is 12.5. The number of amides is 1. The topological polar surface area (TPSA) is 91.2 Å². The summed E-state index contributed by atoms with van der Waals surface area (Å²) >= 11 is 0. The van der Waals surface area contributed by atoms with Crippen molar-refractivity contribution in [3.63, 3.8) is 0 Å². The standard InChI is InChI=1S/C19H20N4O3/c1-13-20-8-11-23(13)19(18(25)26)6-9-22(10-7-19)17(24)16-12-14-4-2-3-5-15(14)21-16/h2-5,8,11-12,21H,6-7,9-10H2,1H3,(H,25,26). The lowest BCUT2D eigenvalue weighted by Gasteiger charge is -2.40. The van der Waals surface area contributed by atoms with E-state index in [-0.39, 0.29) is 5.91 Å². The lowest BCUT2D eigenvalue weighted by molar-refractivity contribution is -0.150. The summed E-state index contributed by atoms with van der Waals surface area (Å²) in [5.74, 6) is -0.304. The zero-order valence-corrected chi connectivity index (χ0v) is 14.5. The van der Waals surface area contributed by atoms with Crippen LogP contribution in [0.25, 0.3) is 10.9 Å². The number of carboxylic acid groups (broad SMARTS) is 1. The third-order valence-corrected chi connectivity index (χ3v) is 5.32. The summed E-state index contributed by atoms with van der Waals surface area (Å²) in [6.07, 6.45) is 4.03. The number of benzene rings is 1. The van der Waals surface area contributed by atoms with Gasteiger partial charge in [-0.2, -0.15) is 0 Å². The van der Waals surface area contributed by atoms with Gasteiger partial charge in [0.15, 0.2) is 0 Å². The van der Waals surface area contributed by atoms with E-state index in [4.69, 9.17) is 0 Å². The summed E-state index contributed by atoms with van der Waals surface area (Å²) in [5, 5.41) is 10.9. The van der Waals surface area contributed by atoms with Crippen LogP contribution in [0.1, 0.15) is 29.2 Å². The van der Waals surface area contributed by atoms with Crippen molar-refractivity contribution in [2.24, 2.45) is 0 Å². The minimum Gasteiger partial charge on any atom is -0.479 e. The van der Waals surface area contributed by atoms with Crippen LogP contribution in [-0.4, -0.2) is 49.5 Å². The van der Waals surface area contributed by atoms with Gasteiger partial charge in [-0.05, 0) is 31.9 Å². The average Bonchev–Trinajstić information content (AvgIpc) is 3.27. The predicted molar refractivity (Wildman–Crippen MR) is 96.0 cm³/mol. The van der Waals surface area contributed by atoms with Crippen molar-refractivity contribution in [2.45, 2.75) is 25.3 Å². The molecule has 1 amide bonds. The Morgan fingerprint density at radius 1 is 1.23 bits per heavy atom. The summed E-state index contributed by atoms with van der Waals surface area (Å²) < 4.78 is 1.72. The molecule has 7 heteroatoms. The van der Waals surface area contributed by atoms with E-state index in [1.165, 1.54) is 0 Å². The number of nitrogens with zero attached hydrogens (tertiary/aromatic N) is 3. The van der Waals surface area contributed by atoms with Gasteiger partial charge < -0.3 is 19.6 Å². The first-order valence-electron chi connectivity index (χ1n) is 8.62. The van der Waals surface area contributed by atoms with E-state index in [2.05, 4.69) is 9.97 Å². The van der Waals surface area contributed by atoms with Gasteiger partial charge in [-0.1, -0.05) is 18.2 Å². The lowest BCUT2D eigenvalue weighted by Crippen LogP contribution is -2.52. The van der Waals surface area contributed by atoms with Crippen LogP contribution >= 0.6 is 0 Å². The number of H-pyrrole nitrogens is 1. The van der Waals surface area contributed by atoms with Gasteiger partial charge in [0.25, 0.3) is 5.91 Å². The highest BCUT2D eigenvalue weighted by atomic mass is 16.4. The molecule has 4 rings (SSSR count). The third-order valence-electron chi connectivity index (χ3n) is 5.32. The Labute approximate surface area is 150 Å². The number of piperidine rings is 1. The second-order valence-electron chi connectivity index (χ2n) is 6.74. The van der Waals surface area contributed by atoms with Crippen molar-refractivity contribution in [2.75, 3.05) is 13.1 Å². The molecule has 1 aliphatic heterocycles. The summed E-state index contributed by atoms with van der Waals surface area (Å²) in [4.78, 5) is 33.9. The second kappa shape index (κ2) is 6.01. The molecule has 3 aromatic rings. The quantitative estimate of drug-likeness (QED) is 0.757. The third kappa shape index (κ3) is 2.47. The number of carbonyl (C=O) groups excluding carboxylic acids is 1. The van der Waals surface area contributed by atoms with Crippen molar-refractivity contribution in [1.82, 2.24) is 19.4 Å². The van der Waals surface area contributed by atoms with Gasteiger partial charge in [0.05, 0.1) is 0 Å². The van der Waals surface area contributed by atoms with E-state index in [1.807, 2.05) is 30.3 Å². The number of imidazole rings is 1. The van der Waals surface area contributed by atoms with Crippen LogP contribution in [0, 0.1) is 6.92 Å².